The second kappa shape index (κ2) is 6.65. The summed E-state index contributed by atoms with van der Waals surface area (Å²) in [5, 5.41) is 3.41. The molecule has 2 aromatic carbocycles. The number of ether oxygens (including phenoxy) is 2. The number of benzene rings is 2. The van der Waals surface area contributed by atoms with Crippen molar-refractivity contribution in [2.75, 3.05) is 19.5 Å². The predicted octanol–water partition coefficient (Wildman–Crippen LogP) is 3.92. The quantitative estimate of drug-likeness (QED) is 0.811. The lowest BCUT2D eigenvalue weighted by Crippen LogP contribution is -2.03. The standard InChI is InChI=1S/C15H16INO2/c1-18-12-7-8-15(19-2)11(9-12)10-17-14-6-4-3-5-13(14)16/h3-9,17H,10H2,1-2H3. The summed E-state index contributed by atoms with van der Waals surface area (Å²) >= 11 is 2.32. The first-order valence-electron chi connectivity index (χ1n) is 5.94. The van der Waals surface area contributed by atoms with E-state index in [9.17, 15) is 0 Å². The Morgan fingerprint density at radius 1 is 1.05 bits per heavy atom. The zero-order valence-electron chi connectivity index (χ0n) is 10.9. The maximum Gasteiger partial charge on any atom is 0.124 e. The van der Waals surface area contributed by atoms with Crippen LogP contribution in [0.15, 0.2) is 42.5 Å². The Morgan fingerprint density at radius 3 is 2.53 bits per heavy atom. The number of methoxy groups -OCH3 is 2. The van der Waals surface area contributed by atoms with Gasteiger partial charge in [-0.1, -0.05) is 12.1 Å². The summed E-state index contributed by atoms with van der Waals surface area (Å²) in [7, 11) is 3.34. The molecule has 0 aromatic heterocycles. The number of hydrogen-bond donors (Lipinski definition) is 1. The Balaban J connectivity index is 2.16. The van der Waals surface area contributed by atoms with Gasteiger partial charge >= 0.3 is 0 Å². The molecule has 1 N–H and O–H groups in total. The van der Waals surface area contributed by atoms with Crippen molar-refractivity contribution >= 4 is 28.3 Å². The van der Waals surface area contributed by atoms with Crippen LogP contribution in [0.2, 0.25) is 0 Å². The lowest BCUT2D eigenvalue weighted by atomic mass is 10.2. The molecule has 0 aliphatic carbocycles. The molecule has 2 rings (SSSR count). The smallest absolute Gasteiger partial charge is 0.124 e. The van der Waals surface area contributed by atoms with E-state index >= 15 is 0 Å². The molecule has 3 nitrogen and oxygen atoms in total. The molecule has 0 bridgehead atoms. The van der Waals surface area contributed by atoms with E-state index < -0.39 is 0 Å². The molecule has 0 aliphatic rings. The molecule has 0 saturated carbocycles. The van der Waals surface area contributed by atoms with Gasteiger partial charge in [0.25, 0.3) is 0 Å². The lowest BCUT2D eigenvalue weighted by Gasteiger charge is -2.13. The van der Waals surface area contributed by atoms with Crippen LogP contribution < -0.4 is 14.8 Å². The minimum absolute atomic E-state index is 0.695. The number of anilines is 1. The second-order valence-electron chi connectivity index (χ2n) is 4.01. The molecule has 0 saturated heterocycles. The SMILES string of the molecule is COc1ccc(OC)c(CNc2ccccc2I)c1. The van der Waals surface area contributed by atoms with Crippen molar-refractivity contribution in [1.82, 2.24) is 0 Å². The molecule has 19 heavy (non-hydrogen) atoms. The van der Waals surface area contributed by atoms with Crippen molar-refractivity contribution < 1.29 is 9.47 Å². The Hall–Kier alpha value is -1.43. The van der Waals surface area contributed by atoms with Crippen molar-refractivity contribution in [2.24, 2.45) is 0 Å². The van der Waals surface area contributed by atoms with Crippen LogP contribution in [0.3, 0.4) is 0 Å². The van der Waals surface area contributed by atoms with Gasteiger partial charge < -0.3 is 14.8 Å². The number of para-hydroxylation sites is 1. The van der Waals surface area contributed by atoms with E-state index in [-0.39, 0.29) is 0 Å². The minimum Gasteiger partial charge on any atom is -0.497 e. The molecular weight excluding hydrogens is 353 g/mol. The van der Waals surface area contributed by atoms with Gasteiger partial charge in [-0.05, 0) is 52.9 Å². The first-order chi connectivity index (χ1) is 9.24. The van der Waals surface area contributed by atoms with Gasteiger partial charge in [0.1, 0.15) is 11.5 Å². The monoisotopic (exact) mass is 369 g/mol. The molecule has 0 heterocycles. The van der Waals surface area contributed by atoms with Crippen molar-refractivity contribution in [3.8, 4) is 11.5 Å². The van der Waals surface area contributed by atoms with Gasteiger partial charge in [0.15, 0.2) is 0 Å². The van der Waals surface area contributed by atoms with Crippen LogP contribution in [-0.2, 0) is 6.54 Å². The number of halogens is 1. The minimum atomic E-state index is 0.695. The number of nitrogens with one attached hydrogen (secondary N) is 1. The van der Waals surface area contributed by atoms with E-state index in [0.717, 1.165) is 22.7 Å². The molecule has 0 amide bonds. The molecule has 0 radical (unpaired) electrons. The molecule has 0 atom stereocenters. The van der Waals surface area contributed by atoms with E-state index in [1.54, 1.807) is 14.2 Å². The second-order valence-corrected chi connectivity index (χ2v) is 5.17. The summed E-state index contributed by atoms with van der Waals surface area (Å²) in [5.74, 6) is 1.69. The molecule has 0 unspecified atom stereocenters. The average molecular weight is 369 g/mol. The van der Waals surface area contributed by atoms with E-state index in [4.69, 9.17) is 9.47 Å². The van der Waals surface area contributed by atoms with Gasteiger partial charge in [0.05, 0.1) is 14.2 Å². The van der Waals surface area contributed by atoms with Crippen molar-refractivity contribution in [3.63, 3.8) is 0 Å². The lowest BCUT2D eigenvalue weighted by molar-refractivity contribution is 0.399. The molecule has 0 aliphatic heterocycles. The van der Waals surface area contributed by atoms with E-state index in [2.05, 4.69) is 40.0 Å². The summed E-state index contributed by atoms with van der Waals surface area (Å²) in [4.78, 5) is 0. The fraction of sp³-hybridized carbons (Fsp3) is 0.200. The van der Waals surface area contributed by atoms with Crippen LogP contribution in [0.4, 0.5) is 5.69 Å². The van der Waals surface area contributed by atoms with Gasteiger partial charge in [0.2, 0.25) is 0 Å². The van der Waals surface area contributed by atoms with E-state index in [1.807, 2.05) is 30.3 Å². The normalized spacial score (nSPS) is 10.1. The molecule has 2 aromatic rings. The highest BCUT2D eigenvalue weighted by atomic mass is 127. The third-order valence-electron chi connectivity index (χ3n) is 2.83. The van der Waals surface area contributed by atoms with Gasteiger partial charge in [-0.3, -0.25) is 0 Å². The van der Waals surface area contributed by atoms with Crippen LogP contribution >= 0.6 is 22.6 Å². The molecule has 0 spiro atoms. The Morgan fingerprint density at radius 2 is 1.84 bits per heavy atom. The van der Waals surface area contributed by atoms with Crippen molar-refractivity contribution in [1.29, 1.82) is 0 Å². The van der Waals surface area contributed by atoms with Crippen LogP contribution in [0, 0.1) is 3.57 Å². The largest absolute Gasteiger partial charge is 0.497 e. The summed E-state index contributed by atoms with van der Waals surface area (Å²) in [6.45, 7) is 0.695. The van der Waals surface area contributed by atoms with E-state index in [1.165, 1.54) is 3.57 Å². The highest BCUT2D eigenvalue weighted by Gasteiger charge is 2.05. The zero-order chi connectivity index (χ0) is 13.7. The van der Waals surface area contributed by atoms with Gasteiger partial charge in [0, 0.05) is 21.4 Å². The van der Waals surface area contributed by atoms with Crippen molar-refractivity contribution in [3.05, 3.63) is 51.6 Å². The maximum atomic E-state index is 5.37. The topological polar surface area (TPSA) is 30.5 Å². The Kier molecular flexibility index (Phi) is 4.90. The fourth-order valence-electron chi connectivity index (χ4n) is 1.82. The molecule has 0 fully saturated rings. The number of hydrogen-bond acceptors (Lipinski definition) is 3. The van der Waals surface area contributed by atoms with Gasteiger partial charge in [-0.25, -0.2) is 0 Å². The Bertz CT molecular complexity index is 558. The highest BCUT2D eigenvalue weighted by Crippen LogP contribution is 2.25. The predicted molar refractivity (Wildman–Crippen MR) is 86.0 cm³/mol. The summed E-state index contributed by atoms with van der Waals surface area (Å²) in [6, 6.07) is 14.0. The van der Waals surface area contributed by atoms with E-state index in [0.29, 0.717) is 6.54 Å². The van der Waals surface area contributed by atoms with Gasteiger partial charge in [-0.15, -0.1) is 0 Å². The first kappa shape index (κ1) is 14.0. The maximum absolute atomic E-state index is 5.37. The van der Waals surface area contributed by atoms with Gasteiger partial charge in [-0.2, -0.15) is 0 Å². The van der Waals surface area contributed by atoms with Crippen LogP contribution in [0.1, 0.15) is 5.56 Å². The average Bonchev–Trinajstić information content (AvgIpc) is 2.46. The first-order valence-corrected chi connectivity index (χ1v) is 7.01. The zero-order valence-corrected chi connectivity index (χ0v) is 13.1. The van der Waals surface area contributed by atoms with Crippen LogP contribution in [0.25, 0.3) is 0 Å². The fourth-order valence-corrected chi connectivity index (χ4v) is 2.39. The number of rotatable bonds is 5. The molecule has 4 heteroatoms. The summed E-state index contributed by atoms with van der Waals surface area (Å²) < 4.78 is 11.8. The summed E-state index contributed by atoms with van der Waals surface area (Å²) in [5.41, 5.74) is 2.19. The Labute approximate surface area is 127 Å². The van der Waals surface area contributed by atoms with Crippen LogP contribution in [0.5, 0.6) is 11.5 Å². The van der Waals surface area contributed by atoms with Crippen molar-refractivity contribution in [2.45, 2.75) is 6.54 Å². The third kappa shape index (κ3) is 3.53. The molecule has 100 valence electrons. The summed E-state index contributed by atoms with van der Waals surface area (Å²) in [6.07, 6.45) is 0. The van der Waals surface area contributed by atoms with Crippen LogP contribution in [-0.4, -0.2) is 14.2 Å². The molecular formula is C15H16INO2. The third-order valence-corrected chi connectivity index (χ3v) is 3.77. The highest BCUT2D eigenvalue weighted by molar-refractivity contribution is 14.1.